The first-order chi connectivity index (χ1) is 10.7. The Kier molecular flexibility index (Phi) is 4.40. The van der Waals surface area contributed by atoms with E-state index in [0.717, 1.165) is 12.1 Å². The van der Waals surface area contributed by atoms with Crippen LogP contribution in [0.3, 0.4) is 0 Å². The van der Waals surface area contributed by atoms with E-state index in [0.29, 0.717) is 11.1 Å². The van der Waals surface area contributed by atoms with Gasteiger partial charge in [0.05, 0.1) is 16.7 Å². The lowest BCUT2D eigenvalue weighted by molar-refractivity contribution is -0.137. The number of carboxylic acids is 1. The molecule has 2 aromatic rings. The Bertz CT molecular complexity index is 752. The zero-order valence-electron chi connectivity index (χ0n) is 11.7. The Hall–Kier alpha value is -2.83. The average molecular weight is 323 g/mol. The van der Waals surface area contributed by atoms with E-state index in [-0.39, 0.29) is 17.5 Å². The van der Waals surface area contributed by atoms with Crippen molar-refractivity contribution in [1.29, 1.82) is 0 Å². The maximum absolute atomic E-state index is 12.5. The monoisotopic (exact) mass is 323 g/mol. The third-order valence-corrected chi connectivity index (χ3v) is 3.30. The number of aromatic carboxylic acids is 1. The molecule has 0 aliphatic rings. The number of hydrogen-bond acceptors (Lipinski definition) is 2. The fourth-order valence-electron chi connectivity index (χ4n) is 2.25. The number of carboxylic acid groups (broad SMARTS) is 1. The van der Waals surface area contributed by atoms with Gasteiger partial charge in [-0.3, -0.25) is 4.79 Å². The second-order valence-electron chi connectivity index (χ2n) is 4.88. The van der Waals surface area contributed by atoms with E-state index in [4.69, 9.17) is 10.8 Å². The minimum atomic E-state index is -4.43. The van der Waals surface area contributed by atoms with Gasteiger partial charge in [-0.15, -0.1) is 0 Å². The molecule has 0 aliphatic carbocycles. The molecule has 0 aliphatic heterocycles. The summed E-state index contributed by atoms with van der Waals surface area (Å²) in [6.07, 6.45) is -4.34. The van der Waals surface area contributed by atoms with Crippen LogP contribution in [-0.4, -0.2) is 17.0 Å². The van der Waals surface area contributed by atoms with Crippen molar-refractivity contribution in [1.82, 2.24) is 0 Å². The molecule has 3 N–H and O–H groups in total. The molecule has 0 fully saturated rings. The Balaban J connectivity index is 2.39. The summed E-state index contributed by atoms with van der Waals surface area (Å²) in [4.78, 5) is 22.7. The van der Waals surface area contributed by atoms with Gasteiger partial charge in [0.1, 0.15) is 0 Å². The van der Waals surface area contributed by atoms with Crippen LogP contribution >= 0.6 is 0 Å². The third-order valence-electron chi connectivity index (χ3n) is 3.30. The number of carbonyl (C=O) groups excluding carboxylic acids is 1. The molecule has 0 heterocycles. The van der Waals surface area contributed by atoms with Gasteiger partial charge in [0.15, 0.2) is 0 Å². The fraction of sp³-hybridized carbons (Fsp3) is 0.125. The van der Waals surface area contributed by atoms with Gasteiger partial charge in [0.25, 0.3) is 0 Å². The van der Waals surface area contributed by atoms with Crippen LogP contribution in [-0.2, 0) is 12.6 Å². The van der Waals surface area contributed by atoms with E-state index in [9.17, 15) is 22.8 Å². The van der Waals surface area contributed by atoms with Gasteiger partial charge in [0.2, 0.25) is 5.91 Å². The van der Waals surface area contributed by atoms with Crippen molar-refractivity contribution < 1.29 is 27.9 Å². The lowest BCUT2D eigenvalue weighted by Crippen LogP contribution is -2.19. The number of amides is 1. The summed E-state index contributed by atoms with van der Waals surface area (Å²) in [6, 6.07) is 8.64. The van der Waals surface area contributed by atoms with Gasteiger partial charge in [0, 0.05) is 0 Å². The van der Waals surface area contributed by atoms with Crippen molar-refractivity contribution in [2.75, 3.05) is 0 Å². The second kappa shape index (κ2) is 6.12. The van der Waals surface area contributed by atoms with Crippen LogP contribution in [0.4, 0.5) is 13.2 Å². The SMILES string of the molecule is NC(=O)c1c(Cc2ccc(C(F)(F)F)cc2)cccc1C(=O)O. The van der Waals surface area contributed by atoms with E-state index in [1.54, 1.807) is 0 Å². The lowest BCUT2D eigenvalue weighted by Gasteiger charge is -2.11. The number of carbonyl (C=O) groups is 2. The maximum Gasteiger partial charge on any atom is 0.416 e. The standard InChI is InChI=1S/C16H12F3NO3/c17-16(18,19)11-6-4-9(5-7-11)8-10-2-1-3-12(15(22)23)13(10)14(20)21/h1-7H,8H2,(H2,20,21)(H,22,23). The van der Waals surface area contributed by atoms with Crippen LogP contribution in [0.5, 0.6) is 0 Å². The molecule has 0 aromatic heterocycles. The van der Waals surface area contributed by atoms with Crippen molar-refractivity contribution in [2.45, 2.75) is 12.6 Å². The normalized spacial score (nSPS) is 11.3. The quantitative estimate of drug-likeness (QED) is 0.907. The topological polar surface area (TPSA) is 80.4 Å². The summed E-state index contributed by atoms with van der Waals surface area (Å²) < 4.78 is 37.6. The van der Waals surface area contributed by atoms with Gasteiger partial charge in [-0.25, -0.2) is 4.79 Å². The van der Waals surface area contributed by atoms with Gasteiger partial charge in [-0.2, -0.15) is 13.2 Å². The molecule has 1 amide bonds. The summed E-state index contributed by atoms with van der Waals surface area (Å²) in [5.41, 5.74) is 4.93. The first-order valence-electron chi connectivity index (χ1n) is 6.51. The van der Waals surface area contributed by atoms with Gasteiger partial charge in [-0.1, -0.05) is 24.3 Å². The Morgan fingerprint density at radius 1 is 1.04 bits per heavy atom. The molecule has 0 bridgehead atoms. The minimum Gasteiger partial charge on any atom is -0.478 e. The third kappa shape index (κ3) is 3.68. The zero-order chi connectivity index (χ0) is 17.2. The minimum absolute atomic E-state index is 0.0948. The number of alkyl halides is 3. The molecule has 0 radical (unpaired) electrons. The fourth-order valence-corrected chi connectivity index (χ4v) is 2.25. The van der Waals surface area contributed by atoms with Crippen LogP contribution in [0.15, 0.2) is 42.5 Å². The number of nitrogens with two attached hydrogens (primary N) is 1. The highest BCUT2D eigenvalue weighted by molar-refractivity contribution is 6.05. The van der Waals surface area contributed by atoms with E-state index in [1.165, 1.54) is 30.3 Å². The van der Waals surface area contributed by atoms with Crippen LogP contribution < -0.4 is 5.73 Å². The van der Waals surface area contributed by atoms with Gasteiger partial charge >= 0.3 is 12.1 Å². The Morgan fingerprint density at radius 3 is 2.13 bits per heavy atom. The molecule has 0 spiro atoms. The summed E-state index contributed by atoms with van der Waals surface area (Å²) in [6.45, 7) is 0. The predicted octanol–water partition coefficient (Wildman–Crippen LogP) is 3.09. The first-order valence-corrected chi connectivity index (χ1v) is 6.51. The molecular weight excluding hydrogens is 311 g/mol. The van der Waals surface area contributed by atoms with Crippen molar-refractivity contribution in [3.63, 3.8) is 0 Å². The summed E-state index contributed by atoms with van der Waals surface area (Å²) in [7, 11) is 0. The van der Waals surface area contributed by atoms with Crippen molar-refractivity contribution in [3.8, 4) is 0 Å². The molecule has 0 unspecified atom stereocenters. The number of primary amides is 1. The van der Waals surface area contributed by atoms with Crippen LogP contribution in [0, 0.1) is 0 Å². The van der Waals surface area contributed by atoms with Crippen LogP contribution in [0.2, 0.25) is 0 Å². The molecule has 0 saturated heterocycles. The first kappa shape index (κ1) is 16.5. The summed E-state index contributed by atoms with van der Waals surface area (Å²) >= 11 is 0. The van der Waals surface area contributed by atoms with Gasteiger partial charge < -0.3 is 10.8 Å². The van der Waals surface area contributed by atoms with E-state index < -0.39 is 23.6 Å². The Labute approximate surface area is 129 Å². The molecular formula is C16H12F3NO3. The van der Waals surface area contributed by atoms with Crippen molar-refractivity contribution in [2.24, 2.45) is 5.73 Å². The summed E-state index contributed by atoms with van der Waals surface area (Å²) in [5, 5.41) is 9.10. The average Bonchev–Trinajstić information content (AvgIpc) is 2.46. The van der Waals surface area contributed by atoms with Crippen molar-refractivity contribution >= 4 is 11.9 Å². The number of halogens is 3. The zero-order valence-corrected chi connectivity index (χ0v) is 11.7. The molecule has 0 atom stereocenters. The molecule has 4 nitrogen and oxygen atoms in total. The summed E-state index contributed by atoms with van der Waals surface area (Å²) in [5.74, 6) is -2.20. The highest BCUT2D eigenvalue weighted by Gasteiger charge is 2.30. The predicted molar refractivity (Wildman–Crippen MR) is 76.2 cm³/mol. The molecule has 7 heteroatoms. The molecule has 23 heavy (non-hydrogen) atoms. The highest BCUT2D eigenvalue weighted by atomic mass is 19.4. The van der Waals surface area contributed by atoms with E-state index >= 15 is 0 Å². The maximum atomic E-state index is 12.5. The van der Waals surface area contributed by atoms with Crippen molar-refractivity contribution in [3.05, 3.63) is 70.3 Å². The highest BCUT2D eigenvalue weighted by Crippen LogP contribution is 2.29. The molecule has 0 saturated carbocycles. The molecule has 120 valence electrons. The van der Waals surface area contributed by atoms with Crippen LogP contribution in [0.25, 0.3) is 0 Å². The van der Waals surface area contributed by atoms with Crippen LogP contribution in [0.1, 0.15) is 37.4 Å². The van der Waals surface area contributed by atoms with E-state index in [2.05, 4.69) is 0 Å². The smallest absolute Gasteiger partial charge is 0.416 e. The number of rotatable bonds is 4. The molecule has 2 aromatic carbocycles. The number of benzene rings is 2. The van der Waals surface area contributed by atoms with Gasteiger partial charge in [-0.05, 0) is 35.7 Å². The number of hydrogen-bond donors (Lipinski definition) is 2. The molecule has 2 rings (SSSR count). The van der Waals surface area contributed by atoms with E-state index in [1.807, 2.05) is 0 Å². The lowest BCUT2D eigenvalue weighted by atomic mass is 9.95. The Morgan fingerprint density at radius 2 is 1.65 bits per heavy atom. The largest absolute Gasteiger partial charge is 0.478 e. The second-order valence-corrected chi connectivity index (χ2v) is 4.88.